The molecule has 0 saturated heterocycles. The number of carbonyl (C=O) groups excluding carboxylic acids is 2. The number of rotatable bonds is 8. The average Bonchev–Trinajstić information content (AvgIpc) is 2.71. The SMILES string of the molecule is COc1ccc(OC)c(C(=O)COC(=O)c2cc(S(=O)(=O)N(C)C)ccc2C)c1. The lowest BCUT2D eigenvalue weighted by atomic mass is 10.1. The topological polar surface area (TPSA) is 99.2 Å². The molecule has 9 heteroatoms. The van der Waals surface area contributed by atoms with Crippen molar-refractivity contribution in [2.45, 2.75) is 11.8 Å². The quantitative estimate of drug-likeness (QED) is 0.476. The second-order valence-electron chi connectivity index (χ2n) is 6.33. The summed E-state index contributed by atoms with van der Waals surface area (Å²) < 4.78 is 41.0. The second-order valence-corrected chi connectivity index (χ2v) is 8.48. The maximum absolute atomic E-state index is 12.5. The number of carbonyl (C=O) groups is 2. The van der Waals surface area contributed by atoms with Crippen LogP contribution in [0.15, 0.2) is 41.3 Å². The van der Waals surface area contributed by atoms with Crippen LogP contribution in [0.1, 0.15) is 26.3 Å². The predicted octanol–water partition coefficient (Wildman–Crippen LogP) is 2.30. The van der Waals surface area contributed by atoms with Gasteiger partial charge in [-0.2, -0.15) is 0 Å². The molecule has 0 aliphatic carbocycles. The largest absolute Gasteiger partial charge is 0.497 e. The molecule has 0 aromatic heterocycles. The molecule has 0 unspecified atom stereocenters. The fourth-order valence-electron chi connectivity index (χ4n) is 2.51. The minimum absolute atomic E-state index is 0.0409. The van der Waals surface area contributed by atoms with Gasteiger partial charge in [0.2, 0.25) is 15.8 Å². The van der Waals surface area contributed by atoms with Crippen molar-refractivity contribution in [1.29, 1.82) is 0 Å². The molecule has 0 bridgehead atoms. The van der Waals surface area contributed by atoms with Gasteiger partial charge in [-0.15, -0.1) is 0 Å². The van der Waals surface area contributed by atoms with Crippen LogP contribution in [0, 0.1) is 6.92 Å². The number of ether oxygens (including phenoxy) is 3. The van der Waals surface area contributed by atoms with Crippen molar-refractivity contribution in [3.05, 3.63) is 53.1 Å². The van der Waals surface area contributed by atoms with Gasteiger partial charge in [0.05, 0.1) is 30.2 Å². The van der Waals surface area contributed by atoms with Crippen molar-refractivity contribution >= 4 is 21.8 Å². The molecule has 0 spiro atoms. The van der Waals surface area contributed by atoms with E-state index in [9.17, 15) is 18.0 Å². The van der Waals surface area contributed by atoms with Crippen LogP contribution in [-0.4, -0.2) is 59.4 Å². The summed E-state index contributed by atoms with van der Waals surface area (Å²) in [5.41, 5.74) is 0.803. The zero-order chi connectivity index (χ0) is 21.8. The number of aryl methyl sites for hydroxylation is 1. The van der Waals surface area contributed by atoms with E-state index in [1.54, 1.807) is 19.1 Å². The van der Waals surface area contributed by atoms with E-state index in [1.807, 2.05) is 0 Å². The molecule has 2 aromatic rings. The number of sulfonamides is 1. The van der Waals surface area contributed by atoms with Crippen molar-refractivity contribution in [3.8, 4) is 11.5 Å². The van der Waals surface area contributed by atoms with Crippen molar-refractivity contribution in [3.63, 3.8) is 0 Å². The minimum Gasteiger partial charge on any atom is -0.497 e. The Bertz CT molecular complexity index is 1030. The molecule has 0 heterocycles. The van der Waals surface area contributed by atoms with E-state index in [4.69, 9.17) is 14.2 Å². The highest BCUT2D eigenvalue weighted by atomic mass is 32.2. The van der Waals surface area contributed by atoms with Gasteiger partial charge in [0, 0.05) is 14.1 Å². The third kappa shape index (κ3) is 4.93. The number of ketones is 1. The molecule has 0 atom stereocenters. The molecule has 2 rings (SSSR count). The van der Waals surface area contributed by atoms with E-state index in [0.717, 1.165) is 4.31 Å². The summed E-state index contributed by atoms with van der Waals surface area (Å²) in [6, 6.07) is 8.87. The van der Waals surface area contributed by atoms with Crippen molar-refractivity contribution in [2.24, 2.45) is 0 Å². The Kier molecular flexibility index (Phi) is 6.99. The lowest BCUT2D eigenvalue weighted by Gasteiger charge is -2.14. The Labute approximate surface area is 170 Å². The zero-order valence-corrected chi connectivity index (χ0v) is 17.7. The van der Waals surface area contributed by atoms with E-state index < -0.39 is 28.4 Å². The van der Waals surface area contributed by atoms with E-state index in [1.165, 1.54) is 52.6 Å². The van der Waals surface area contributed by atoms with Gasteiger partial charge in [-0.05, 0) is 42.8 Å². The highest BCUT2D eigenvalue weighted by Gasteiger charge is 2.22. The number of hydrogen-bond donors (Lipinski definition) is 0. The number of methoxy groups -OCH3 is 2. The molecule has 8 nitrogen and oxygen atoms in total. The molecule has 156 valence electrons. The summed E-state index contributed by atoms with van der Waals surface area (Å²) in [7, 11) is 1.97. The molecule has 0 radical (unpaired) electrons. The lowest BCUT2D eigenvalue weighted by molar-refractivity contribution is 0.0473. The molecule has 0 aliphatic heterocycles. The standard InChI is InChI=1S/C20H23NO7S/c1-13-6-8-15(29(24,25)21(2)3)11-16(13)20(23)28-12-18(22)17-10-14(26-4)7-9-19(17)27-5/h6-11H,12H2,1-5H3. The molecular weight excluding hydrogens is 398 g/mol. The molecule has 29 heavy (non-hydrogen) atoms. The smallest absolute Gasteiger partial charge is 0.338 e. The first kappa shape index (κ1) is 22.4. The maximum Gasteiger partial charge on any atom is 0.338 e. The maximum atomic E-state index is 12.5. The molecule has 0 fully saturated rings. The Morgan fingerprint density at radius 2 is 1.66 bits per heavy atom. The van der Waals surface area contributed by atoms with Crippen LogP contribution in [-0.2, 0) is 14.8 Å². The van der Waals surface area contributed by atoms with E-state index in [-0.39, 0.29) is 16.0 Å². The highest BCUT2D eigenvalue weighted by molar-refractivity contribution is 7.89. The molecule has 0 saturated carbocycles. The Morgan fingerprint density at radius 3 is 2.24 bits per heavy atom. The minimum atomic E-state index is -3.71. The fraction of sp³-hybridized carbons (Fsp3) is 0.300. The van der Waals surface area contributed by atoms with Gasteiger partial charge >= 0.3 is 5.97 Å². The number of nitrogens with zero attached hydrogens (tertiary/aromatic N) is 1. The number of benzene rings is 2. The van der Waals surface area contributed by atoms with E-state index in [2.05, 4.69) is 0 Å². The Morgan fingerprint density at radius 1 is 0.966 bits per heavy atom. The number of esters is 1. The summed E-state index contributed by atoms with van der Waals surface area (Å²) in [4.78, 5) is 25.0. The monoisotopic (exact) mass is 421 g/mol. The van der Waals surface area contributed by atoms with Crippen LogP contribution in [0.25, 0.3) is 0 Å². The van der Waals surface area contributed by atoms with Crippen LogP contribution in [0.5, 0.6) is 11.5 Å². The molecule has 0 amide bonds. The first-order valence-electron chi connectivity index (χ1n) is 8.57. The first-order valence-corrected chi connectivity index (χ1v) is 10.0. The van der Waals surface area contributed by atoms with Crippen molar-refractivity contribution in [2.75, 3.05) is 34.9 Å². The Balaban J connectivity index is 2.23. The number of Topliss-reactive ketones (excluding diaryl/α,β-unsaturated/α-hetero) is 1. The van der Waals surface area contributed by atoms with Crippen LogP contribution in [0.3, 0.4) is 0 Å². The van der Waals surface area contributed by atoms with Gasteiger partial charge < -0.3 is 14.2 Å². The molecule has 2 aromatic carbocycles. The van der Waals surface area contributed by atoms with Gasteiger partial charge in [-0.3, -0.25) is 4.79 Å². The summed E-state index contributed by atoms with van der Waals surface area (Å²) >= 11 is 0. The summed E-state index contributed by atoms with van der Waals surface area (Å²) in [5, 5.41) is 0. The third-order valence-corrected chi connectivity index (χ3v) is 6.06. The van der Waals surface area contributed by atoms with Gasteiger partial charge in [0.15, 0.2) is 6.61 Å². The van der Waals surface area contributed by atoms with Crippen LogP contribution >= 0.6 is 0 Å². The summed E-state index contributed by atoms with van der Waals surface area (Å²) in [6.45, 7) is 1.11. The van der Waals surface area contributed by atoms with Gasteiger partial charge in [-0.1, -0.05) is 6.07 Å². The first-order chi connectivity index (χ1) is 13.6. The van der Waals surface area contributed by atoms with Crippen LogP contribution < -0.4 is 9.47 Å². The van der Waals surface area contributed by atoms with Gasteiger partial charge in [0.25, 0.3) is 0 Å². The molecule has 0 N–H and O–H groups in total. The Hall–Kier alpha value is -2.91. The zero-order valence-electron chi connectivity index (χ0n) is 16.9. The van der Waals surface area contributed by atoms with E-state index in [0.29, 0.717) is 17.1 Å². The molecular formula is C20H23NO7S. The third-order valence-electron chi connectivity index (χ3n) is 4.25. The van der Waals surface area contributed by atoms with Crippen LogP contribution in [0.4, 0.5) is 0 Å². The predicted molar refractivity (Wildman–Crippen MR) is 106 cm³/mol. The van der Waals surface area contributed by atoms with Crippen molar-refractivity contribution < 1.29 is 32.2 Å². The molecule has 0 aliphatic rings. The summed E-state index contributed by atoms with van der Waals surface area (Å²) in [6.07, 6.45) is 0. The van der Waals surface area contributed by atoms with Gasteiger partial charge in [-0.25, -0.2) is 17.5 Å². The van der Waals surface area contributed by atoms with Gasteiger partial charge in [0.1, 0.15) is 11.5 Å². The second kappa shape index (κ2) is 9.06. The summed E-state index contributed by atoms with van der Waals surface area (Å²) in [5.74, 6) is -0.502. The number of hydrogen-bond acceptors (Lipinski definition) is 7. The highest BCUT2D eigenvalue weighted by Crippen LogP contribution is 2.25. The normalized spacial score (nSPS) is 11.2. The fourth-order valence-corrected chi connectivity index (χ4v) is 3.44. The average molecular weight is 421 g/mol. The lowest BCUT2D eigenvalue weighted by Crippen LogP contribution is -2.23. The van der Waals surface area contributed by atoms with E-state index >= 15 is 0 Å². The van der Waals surface area contributed by atoms with Crippen LogP contribution in [0.2, 0.25) is 0 Å². The van der Waals surface area contributed by atoms with Crippen molar-refractivity contribution in [1.82, 2.24) is 4.31 Å².